The molecule has 1 atom stereocenters. The maximum Gasteiger partial charge on any atom is 0.232 e. The zero-order chi connectivity index (χ0) is 26.5. The Bertz CT molecular complexity index is 1100. The zero-order valence-corrected chi connectivity index (χ0v) is 24.6. The maximum absolute atomic E-state index is 6.39. The third-order valence-electron chi connectivity index (χ3n) is 8.85. The third kappa shape index (κ3) is 6.71. The van der Waals surface area contributed by atoms with Crippen molar-refractivity contribution in [3.8, 4) is 0 Å². The van der Waals surface area contributed by atoms with Crippen LogP contribution in [-0.4, -0.2) is 47.8 Å². The molecule has 2 saturated heterocycles. The average Bonchev–Trinajstić information content (AvgIpc) is 2.93. The van der Waals surface area contributed by atoms with Gasteiger partial charge in [0.05, 0.1) is 0 Å². The van der Waals surface area contributed by atoms with Crippen LogP contribution in [0.2, 0.25) is 5.02 Å². The molecule has 206 valence electrons. The summed E-state index contributed by atoms with van der Waals surface area (Å²) in [5.41, 5.74) is 1.34. The summed E-state index contributed by atoms with van der Waals surface area (Å²) in [6.07, 6.45) is 10.9. The van der Waals surface area contributed by atoms with Crippen molar-refractivity contribution in [1.82, 2.24) is 15.3 Å². The van der Waals surface area contributed by atoms with Crippen molar-refractivity contribution >= 4 is 46.5 Å². The Kier molecular flexibility index (Phi) is 8.94. The van der Waals surface area contributed by atoms with Crippen molar-refractivity contribution in [3.05, 3.63) is 40.9 Å². The predicted octanol–water partition coefficient (Wildman–Crippen LogP) is 6.79. The second kappa shape index (κ2) is 12.4. The quantitative estimate of drug-likeness (QED) is 0.381. The van der Waals surface area contributed by atoms with E-state index in [2.05, 4.69) is 58.5 Å². The highest BCUT2D eigenvalue weighted by atomic mass is 35.5. The molecule has 1 aromatic carbocycles. The highest BCUT2D eigenvalue weighted by molar-refractivity contribution is 7.80. The van der Waals surface area contributed by atoms with Gasteiger partial charge in [0, 0.05) is 49.2 Å². The Morgan fingerprint density at radius 1 is 0.947 bits per heavy atom. The molecule has 0 spiro atoms. The van der Waals surface area contributed by atoms with Crippen LogP contribution in [0.25, 0.3) is 0 Å². The number of nitrogens with zero attached hydrogens (tertiary/aromatic N) is 4. The number of halogens is 1. The van der Waals surface area contributed by atoms with E-state index >= 15 is 0 Å². The molecule has 1 saturated carbocycles. The van der Waals surface area contributed by atoms with E-state index in [1.54, 1.807) is 0 Å². The van der Waals surface area contributed by atoms with Crippen LogP contribution in [0, 0.1) is 11.8 Å². The summed E-state index contributed by atoms with van der Waals surface area (Å²) in [4.78, 5) is 14.7. The van der Waals surface area contributed by atoms with Gasteiger partial charge < -0.3 is 20.4 Å². The first-order valence-corrected chi connectivity index (χ1v) is 15.4. The first-order chi connectivity index (χ1) is 18.4. The predicted molar refractivity (Wildman–Crippen MR) is 164 cm³/mol. The molecule has 3 aliphatic rings. The fourth-order valence-electron chi connectivity index (χ4n) is 6.45. The lowest BCUT2D eigenvalue weighted by Crippen LogP contribution is -2.43. The normalized spacial score (nSPS) is 22.2. The molecule has 8 heteroatoms. The second-order valence-corrected chi connectivity index (χ2v) is 12.8. The highest BCUT2D eigenvalue weighted by Crippen LogP contribution is 2.40. The number of nitrogens with one attached hydrogen (secondary N) is 2. The van der Waals surface area contributed by atoms with Crippen LogP contribution in [0.4, 0.5) is 17.6 Å². The van der Waals surface area contributed by atoms with Gasteiger partial charge in [0.2, 0.25) is 5.95 Å². The molecule has 1 unspecified atom stereocenters. The summed E-state index contributed by atoms with van der Waals surface area (Å²) >= 11 is 12.2. The Morgan fingerprint density at radius 3 is 2.39 bits per heavy atom. The topological polar surface area (TPSA) is 56.3 Å². The van der Waals surface area contributed by atoms with Crippen LogP contribution in [0.15, 0.2) is 30.3 Å². The van der Waals surface area contributed by atoms with Crippen molar-refractivity contribution in [2.24, 2.45) is 11.8 Å². The fourth-order valence-corrected chi connectivity index (χ4v) is 6.80. The summed E-state index contributed by atoms with van der Waals surface area (Å²) in [6.45, 7) is 9.62. The van der Waals surface area contributed by atoms with E-state index in [1.165, 1.54) is 50.5 Å². The molecule has 2 aliphatic heterocycles. The average molecular weight is 555 g/mol. The number of aromatic nitrogens is 2. The summed E-state index contributed by atoms with van der Waals surface area (Å²) in [5, 5.41) is 8.28. The van der Waals surface area contributed by atoms with E-state index < -0.39 is 0 Å². The number of piperidine rings is 2. The molecule has 3 fully saturated rings. The van der Waals surface area contributed by atoms with Crippen molar-refractivity contribution in [2.75, 3.05) is 47.8 Å². The molecule has 6 nitrogen and oxygen atoms in total. The number of rotatable bonds is 6. The molecule has 5 rings (SSSR count). The van der Waals surface area contributed by atoms with Gasteiger partial charge in [-0.2, -0.15) is 9.97 Å². The molecule has 3 heterocycles. The monoisotopic (exact) mass is 554 g/mol. The van der Waals surface area contributed by atoms with E-state index in [0.717, 1.165) is 68.1 Å². The molecule has 2 N–H and O–H groups in total. The SMILES string of the molecule is CC1CCN(c2cc(N3CCCC(C)C3)nc(NC(=S)NCC3(c4cccc(Cl)c4)CCCCC3)n2)CC1. The molecule has 0 bridgehead atoms. The number of thiocarbonyl (C=S) groups is 1. The minimum Gasteiger partial charge on any atom is -0.361 e. The lowest BCUT2D eigenvalue weighted by atomic mass is 9.69. The van der Waals surface area contributed by atoms with Crippen LogP contribution in [0.1, 0.15) is 77.2 Å². The van der Waals surface area contributed by atoms with Crippen LogP contribution in [-0.2, 0) is 5.41 Å². The molecular weight excluding hydrogens is 512 g/mol. The van der Waals surface area contributed by atoms with Gasteiger partial charge in [0.1, 0.15) is 11.6 Å². The van der Waals surface area contributed by atoms with Crippen molar-refractivity contribution in [3.63, 3.8) is 0 Å². The first kappa shape index (κ1) is 27.4. The first-order valence-electron chi connectivity index (χ1n) is 14.6. The van der Waals surface area contributed by atoms with Gasteiger partial charge in [0.25, 0.3) is 0 Å². The summed E-state index contributed by atoms with van der Waals surface area (Å²) in [7, 11) is 0. The van der Waals surface area contributed by atoms with Crippen LogP contribution < -0.4 is 20.4 Å². The van der Waals surface area contributed by atoms with Gasteiger partial charge in [0.15, 0.2) is 5.11 Å². The minimum absolute atomic E-state index is 0.0389. The van der Waals surface area contributed by atoms with Crippen LogP contribution >= 0.6 is 23.8 Å². The molecule has 0 amide bonds. The van der Waals surface area contributed by atoms with Gasteiger partial charge >= 0.3 is 0 Å². The Morgan fingerprint density at radius 2 is 1.68 bits per heavy atom. The van der Waals surface area contributed by atoms with Gasteiger partial charge in [-0.05, 0) is 80.3 Å². The molecular formula is C30H43ClN6S. The lowest BCUT2D eigenvalue weighted by Gasteiger charge is -2.38. The van der Waals surface area contributed by atoms with Gasteiger partial charge in [-0.25, -0.2) is 0 Å². The minimum atomic E-state index is 0.0389. The third-order valence-corrected chi connectivity index (χ3v) is 9.33. The fraction of sp³-hybridized carbons (Fsp3) is 0.633. The molecule has 2 aromatic rings. The molecule has 38 heavy (non-hydrogen) atoms. The Labute approximate surface area is 238 Å². The maximum atomic E-state index is 6.39. The standard InChI is InChI=1S/C30H43ClN6S/c1-22-11-16-36(17-12-22)26-19-27(37-15-7-8-23(2)20-37)34-28(33-26)35-29(38)32-21-30(13-4-3-5-14-30)24-9-6-10-25(31)18-24/h6,9-10,18-19,22-23H,3-5,7-8,11-17,20-21H2,1-2H3,(H2,32,33,34,35,38). The van der Waals surface area contributed by atoms with Crippen molar-refractivity contribution in [1.29, 1.82) is 0 Å². The number of hydrogen-bond acceptors (Lipinski definition) is 5. The van der Waals surface area contributed by atoms with E-state index in [4.69, 9.17) is 33.8 Å². The molecule has 0 radical (unpaired) electrons. The molecule has 1 aliphatic carbocycles. The van der Waals surface area contributed by atoms with E-state index in [0.29, 0.717) is 17.0 Å². The van der Waals surface area contributed by atoms with E-state index in [1.807, 2.05) is 6.07 Å². The summed E-state index contributed by atoms with van der Waals surface area (Å²) in [6, 6.07) is 10.5. The summed E-state index contributed by atoms with van der Waals surface area (Å²) in [5.74, 6) is 4.06. The van der Waals surface area contributed by atoms with E-state index in [9.17, 15) is 0 Å². The smallest absolute Gasteiger partial charge is 0.232 e. The second-order valence-electron chi connectivity index (χ2n) is 11.9. The van der Waals surface area contributed by atoms with E-state index in [-0.39, 0.29) is 5.41 Å². The number of hydrogen-bond donors (Lipinski definition) is 2. The van der Waals surface area contributed by atoms with Gasteiger partial charge in [-0.3, -0.25) is 0 Å². The molecule has 1 aromatic heterocycles. The number of benzene rings is 1. The van der Waals surface area contributed by atoms with Gasteiger partial charge in [-0.15, -0.1) is 0 Å². The largest absolute Gasteiger partial charge is 0.361 e. The Hall–Kier alpha value is -2.12. The zero-order valence-electron chi connectivity index (χ0n) is 23.0. The van der Waals surface area contributed by atoms with Crippen LogP contribution in [0.3, 0.4) is 0 Å². The lowest BCUT2D eigenvalue weighted by molar-refractivity contribution is 0.292. The Balaban J connectivity index is 1.32. The van der Waals surface area contributed by atoms with Crippen LogP contribution in [0.5, 0.6) is 0 Å². The number of anilines is 3. The van der Waals surface area contributed by atoms with Crippen molar-refractivity contribution in [2.45, 2.75) is 77.0 Å². The summed E-state index contributed by atoms with van der Waals surface area (Å²) < 4.78 is 0. The van der Waals surface area contributed by atoms with Gasteiger partial charge in [-0.1, -0.05) is 56.8 Å². The van der Waals surface area contributed by atoms with Crippen molar-refractivity contribution < 1.29 is 0 Å². The highest BCUT2D eigenvalue weighted by Gasteiger charge is 2.34.